The third-order valence-electron chi connectivity index (χ3n) is 1.79. The van der Waals surface area contributed by atoms with Crippen LogP contribution in [0.25, 0.3) is 0 Å². The fraction of sp³-hybridized carbons (Fsp3) is 0.250. The first-order valence-corrected chi connectivity index (χ1v) is 3.76. The fourth-order valence-corrected chi connectivity index (χ4v) is 1.18. The minimum absolute atomic E-state index is 0.228. The summed E-state index contributed by atoms with van der Waals surface area (Å²) in [5.74, 6) is -1.64. The lowest BCUT2D eigenvalue weighted by atomic mass is 10.1. The summed E-state index contributed by atoms with van der Waals surface area (Å²) in [6.07, 6.45) is -5.07. The molecule has 82 valence electrons. The Bertz CT molecular complexity index is 414. The third-order valence-corrected chi connectivity index (χ3v) is 1.79. The molecular formula is C8H5F4NO2. The Morgan fingerprint density at radius 3 is 2.20 bits per heavy atom. The summed E-state index contributed by atoms with van der Waals surface area (Å²) in [4.78, 5) is 9.15. The van der Waals surface area contributed by atoms with Gasteiger partial charge in [-0.05, 0) is 19.1 Å². The molecule has 0 unspecified atom stereocenters. The van der Waals surface area contributed by atoms with Crippen molar-refractivity contribution in [1.29, 1.82) is 0 Å². The summed E-state index contributed by atoms with van der Waals surface area (Å²) in [5.41, 5.74) is -3.29. The SMILES string of the molecule is Cc1ccc(F)c(C(F)(F)F)c1[N+](=O)[O-]. The second kappa shape index (κ2) is 3.48. The Labute approximate surface area is 81.5 Å². The molecule has 0 spiro atoms. The standard InChI is InChI=1S/C8H5F4NO2/c1-4-2-3-5(9)6(8(10,11)12)7(4)13(14)15/h2-3H,1H3. The van der Waals surface area contributed by atoms with Gasteiger partial charge >= 0.3 is 6.18 Å². The lowest BCUT2D eigenvalue weighted by molar-refractivity contribution is -0.388. The minimum Gasteiger partial charge on any atom is -0.258 e. The largest absolute Gasteiger partial charge is 0.425 e. The van der Waals surface area contributed by atoms with E-state index in [1.165, 1.54) is 0 Å². The van der Waals surface area contributed by atoms with Gasteiger partial charge in [0.15, 0.2) is 5.56 Å². The molecule has 0 bridgehead atoms. The van der Waals surface area contributed by atoms with Crippen molar-refractivity contribution in [1.82, 2.24) is 0 Å². The topological polar surface area (TPSA) is 43.1 Å². The predicted molar refractivity (Wildman–Crippen MR) is 42.8 cm³/mol. The van der Waals surface area contributed by atoms with Crippen molar-refractivity contribution in [3.63, 3.8) is 0 Å². The summed E-state index contributed by atoms with van der Waals surface area (Å²) in [7, 11) is 0. The van der Waals surface area contributed by atoms with E-state index >= 15 is 0 Å². The lowest BCUT2D eigenvalue weighted by Crippen LogP contribution is -2.12. The van der Waals surface area contributed by atoms with Crippen molar-refractivity contribution in [3.8, 4) is 0 Å². The fourth-order valence-electron chi connectivity index (χ4n) is 1.18. The second-order valence-corrected chi connectivity index (χ2v) is 2.84. The Hall–Kier alpha value is -1.66. The smallest absolute Gasteiger partial charge is 0.258 e. The molecule has 0 radical (unpaired) electrons. The van der Waals surface area contributed by atoms with Gasteiger partial charge in [-0.15, -0.1) is 0 Å². The van der Waals surface area contributed by atoms with Crippen LogP contribution in [-0.2, 0) is 6.18 Å². The van der Waals surface area contributed by atoms with E-state index < -0.39 is 28.2 Å². The number of aryl methyl sites for hydroxylation is 1. The third kappa shape index (κ3) is 2.05. The molecule has 0 saturated carbocycles. The molecule has 0 aromatic heterocycles. The first-order valence-electron chi connectivity index (χ1n) is 3.76. The molecule has 0 fully saturated rings. The van der Waals surface area contributed by atoms with E-state index in [0.717, 1.165) is 13.0 Å². The zero-order valence-corrected chi connectivity index (χ0v) is 7.43. The van der Waals surface area contributed by atoms with Crippen LogP contribution in [-0.4, -0.2) is 4.92 Å². The first kappa shape index (κ1) is 11.4. The van der Waals surface area contributed by atoms with Crippen molar-refractivity contribution < 1.29 is 22.5 Å². The Balaban J connectivity index is 3.60. The molecule has 7 heteroatoms. The number of hydrogen-bond donors (Lipinski definition) is 0. The molecule has 3 nitrogen and oxygen atoms in total. The Kier molecular flexibility index (Phi) is 2.65. The minimum atomic E-state index is -5.07. The van der Waals surface area contributed by atoms with Gasteiger partial charge in [-0.1, -0.05) is 0 Å². The molecule has 1 rings (SSSR count). The van der Waals surface area contributed by atoms with Crippen LogP contribution in [0.15, 0.2) is 12.1 Å². The van der Waals surface area contributed by atoms with Gasteiger partial charge in [0.25, 0.3) is 5.69 Å². The molecule has 0 aliphatic rings. The Morgan fingerprint density at radius 1 is 1.33 bits per heavy atom. The Morgan fingerprint density at radius 2 is 1.87 bits per heavy atom. The first-order chi connectivity index (χ1) is 6.75. The van der Waals surface area contributed by atoms with Crippen molar-refractivity contribution in [2.45, 2.75) is 13.1 Å². The van der Waals surface area contributed by atoms with Gasteiger partial charge in [0.1, 0.15) is 5.82 Å². The summed E-state index contributed by atoms with van der Waals surface area (Å²) >= 11 is 0. The van der Waals surface area contributed by atoms with Crippen molar-refractivity contribution in [2.75, 3.05) is 0 Å². The summed E-state index contributed by atoms with van der Waals surface area (Å²) < 4.78 is 49.8. The highest BCUT2D eigenvalue weighted by molar-refractivity contribution is 5.49. The maximum Gasteiger partial charge on any atom is 0.425 e. The van der Waals surface area contributed by atoms with E-state index in [9.17, 15) is 27.7 Å². The summed E-state index contributed by atoms with van der Waals surface area (Å²) in [6, 6.07) is 1.49. The van der Waals surface area contributed by atoms with Crippen molar-refractivity contribution in [2.24, 2.45) is 0 Å². The van der Waals surface area contributed by atoms with Gasteiger partial charge in [-0.3, -0.25) is 10.1 Å². The number of nitro benzene ring substituents is 1. The second-order valence-electron chi connectivity index (χ2n) is 2.84. The van der Waals surface area contributed by atoms with Gasteiger partial charge in [0.05, 0.1) is 4.92 Å². The molecule has 0 aliphatic heterocycles. The number of halogens is 4. The van der Waals surface area contributed by atoms with Crippen LogP contribution in [0, 0.1) is 22.9 Å². The van der Waals surface area contributed by atoms with Gasteiger partial charge in [-0.2, -0.15) is 13.2 Å². The monoisotopic (exact) mass is 223 g/mol. The van der Waals surface area contributed by atoms with Crippen LogP contribution in [0.2, 0.25) is 0 Å². The zero-order chi connectivity index (χ0) is 11.8. The molecule has 0 N–H and O–H groups in total. The van der Waals surface area contributed by atoms with Crippen LogP contribution in [0.1, 0.15) is 11.1 Å². The number of benzene rings is 1. The zero-order valence-electron chi connectivity index (χ0n) is 7.43. The molecule has 1 aromatic rings. The predicted octanol–water partition coefficient (Wildman–Crippen LogP) is 3.06. The van der Waals surface area contributed by atoms with Crippen LogP contribution < -0.4 is 0 Å². The van der Waals surface area contributed by atoms with Crippen molar-refractivity contribution >= 4 is 5.69 Å². The molecule has 15 heavy (non-hydrogen) atoms. The van der Waals surface area contributed by atoms with Crippen LogP contribution in [0.4, 0.5) is 23.2 Å². The molecule has 0 saturated heterocycles. The van der Waals surface area contributed by atoms with E-state index in [-0.39, 0.29) is 5.56 Å². The molecule has 0 amide bonds. The molecular weight excluding hydrogens is 218 g/mol. The van der Waals surface area contributed by atoms with E-state index in [1.54, 1.807) is 0 Å². The molecule has 1 aromatic carbocycles. The highest BCUT2D eigenvalue weighted by atomic mass is 19.4. The van der Waals surface area contributed by atoms with Crippen LogP contribution in [0.3, 0.4) is 0 Å². The normalized spacial score (nSPS) is 11.5. The average molecular weight is 223 g/mol. The van der Waals surface area contributed by atoms with E-state index in [0.29, 0.717) is 6.07 Å². The highest BCUT2D eigenvalue weighted by Gasteiger charge is 2.42. The van der Waals surface area contributed by atoms with E-state index in [2.05, 4.69) is 0 Å². The van der Waals surface area contributed by atoms with Crippen LogP contribution in [0.5, 0.6) is 0 Å². The number of alkyl halides is 3. The number of nitrogens with zero attached hydrogens (tertiary/aromatic N) is 1. The maximum atomic E-state index is 12.9. The summed E-state index contributed by atoms with van der Waals surface area (Å²) in [6.45, 7) is 1.12. The number of nitro groups is 1. The molecule has 0 atom stereocenters. The van der Waals surface area contributed by atoms with Gasteiger partial charge in [0.2, 0.25) is 0 Å². The van der Waals surface area contributed by atoms with E-state index in [1.807, 2.05) is 0 Å². The maximum absolute atomic E-state index is 12.9. The van der Waals surface area contributed by atoms with Crippen molar-refractivity contribution in [3.05, 3.63) is 39.2 Å². The summed E-state index contributed by atoms with van der Waals surface area (Å²) in [5, 5.41) is 10.4. The van der Waals surface area contributed by atoms with E-state index in [4.69, 9.17) is 0 Å². The average Bonchev–Trinajstić information content (AvgIpc) is 2.05. The van der Waals surface area contributed by atoms with Gasteiger partial charge < -0.3 is 0 Å². The molecule has 0 heterocycles. The van der Waals surface area contributed by atoms with Gasteiger partial charge in [-0.25, -0.2) is 4.39 Å². The number of rotatable bonds is 1. The van der Waals surface area contributed by atoms with Gasteiger partial charge in [0, 0.05) is 5.56 Å². The highest BCUT2D eigenvalue weighted by Crippen LogP contribution is 2.39. The number of hydrogen-bond acceptors (Lipinski definition) is 2. The lowest BCUT2D eigenvalue weighted by Gasteiger charge is -2.09. The van der Waals surface area contributed by atoms with Crippen LogP contribution >= 0.6 is 0 Å². The quantitative estimate of drug-likeness (QED) is 0.417. The molecule has 0 aliphatic carbocycles.